The predicted molar refractivity (Wildman–Crippen MR) is 123 cm³/mol. The van der Waals surface area contributed by atoms with Crippen LogP contribution in [0.3, 0.4) is 0 Å². The number of sulfonamides is 1. The lowest BCUT2D eigenvalue weighted by Crippen LogP contribution is -2.29. The van der Waals surface area contributed by atoms with E-state index >= 15 is 0 Å². The maximum absolute atomic E-state index is 12.5. The number of carbonyl (C=O) groups excluding carboxylic acids is 1. The molecule has 3 aromatic rings. The second kappa shape index (κ2) is 8.90. The number of nitrogens with one attached hydrogen (secondary N) is 1. The molecule has 0 radical (unpaired) electrons. The molecule has 30 heavy (non-hydrogen) atoms. The highest BCUT2D eigenvalue weighted by molar-refractivity contribution is 7.92. The number of halogens is 1. The van der Waals surface area contributed by atoms with Crippen LogP contribution in [0.5, 0.6) is 0 Å². The van der Waals surface area contributed by atoms with Crippen molar-refractivity contribution in [3.8, 4) is 0 Å². The van der Waals surface area contributed by atoms with E-state index in [1.165, 1.54) is 4.31 Å². The highest BCUT2D eigenvalue weighted by atomic mass is 35.5. The minimum Gasteiger partial charge on any atom is -0.322 e. The average Bonchev–Trinajstić information content (AvgIpc) is 2.68. The molecule has 0 saturated heterocycles. The van der Waals surface area contributed by atoms with Gasteiger partial charge in [0.2, 0.25) is 10.0 Å². The second-order valence-electron chi connectivity index (χ2n) is 7.20. The number of aryl methyl sites for hydroxylation is 2. The van der Waals surface area contributed by atoms with Crippen molar-refractivity contribution in [1.29, 1.82) is 0 Å². The summed E-state index contributed by atoms with van der Waals surface area (Å²) >= 11 is 6.02. The largest absolute Gasteiger partial charge is 0.322 e. The van der Waals surface area contributed by atoms with Gasteiger partial charge in [0.15, 0.2) is 0 Å². The Hall–Kier alpha value is -2.83. The normalized spacial score (nSPS) is 11.2. The second-order valence-corrected chi connectivity index (χ2v) is 9.54. The van der Waals surface area contributed by atoms with Crippen molar-refractivity contribution in [3.05, 3.63) is 94.0 Å². The van der Waals surface area contributed by atoms with Crippen LogP contribution in [0.25, 0.3) is 0 Å². The van der Waals surface area contributed by atoms with Gasteiger partial charge in [-0.25, -0.2) is 8.42 Å². The van der Waals surface area contributed by atoms with Gasteiger partial charge in [-0.05, 0) is 73.0 Å². The summed E-state index contributed by atoms with van der Waals surface area (Å²) in [6.45, 7) is 4.15. The van der Waals surface area contributed by atoms with E-state index in [0.717, 1.165) is 28.6 Å². The quantitative estimate of drug-likeness (QED) is 0.572. The van der Waals surface area contributed by atoms with Crippen LogP contribution in [-0.4, -0.2) is 20.6 Å². The average molecular weight is 443 g/mol. The SMILES string of the molecule is Cc1ccc(NC(=O)c2ccc(CN(c3cccc(Cl)c3)S(C)(=O)=O)cc2)cc1C. The molecule has 0 heterocycles. The van der Waals surface area contributed by atoms with Gasteiger partial charge in [0.1, 0.15) is 0 Å². The molecule has 156 valence electrons. The fourth-order valence-electron chi connectivity index (χ4n) is 2.98. The van der Waals surface area contributed by atoms with E-state index in [2.05, 4.69) is 5.32 Å². The third kappa shape index (κ3) is 5.40. The molecule has 0 bridgehead atoms. The van der Waals surface area contributed by atoms with Gasteiger partial charge in [-0.2, -0.15) is 0 Å². The van der Waals surface area contributed by atoms with E-state index < -0.39 is 10.0 Å². The number of amides is 1. The van der Waals surface area contributed by atoms with Crippen molar-refractivity contribution in [2.24, 2.45) is 0 Å². The molecular weight excluding hydrogens is 420 g/mol. The molecule has 0 aliphatic carbocycles. The zero-order valence-electron chi connectivity index (χ0n) is 17.0. The first-order valence-electron chi connectivity index (χ1n) is 9.34. The van der Waals surface area contributed by atoms with E-state index in [1.54, 1.807) is 48.5 Å². The van der Waals surface area contributed by atoms with Crippen LogP contribution in [0.1, 0.15) is 27.0 Å². The molecule has 0 aliphatic heterocycles. The molecule has 3 aromatic carbocycles. The molecule has 0 spiro atoms. The molecule has 0 fully saturated rings. The van der Waals surface area contributed by atoms with Crippen molar-refractivity contribution in [1.82, 2.24) is 0 Å². The van der Waals surface area contributed by atoms with E-state index in [-0.39, 0.29) is 12.5 Å². The van der Waals surface area contributed by atoms with Crippen LogP contribution in [0.15, 0.2) is 66.7 Å². The minimum absolute atomic E-state index is 0.137. The maximum atomic E-state index is 12.5. The number of carbonyl (C=O) groups is 1. The topological polar surface area (TPSA) is 66.5 Å². The molecule has 0 saturated carbocycles. The molecule has 1 N–H and O–H groups in total. The van der Waals surface area contributed by atoms with Gasteiger partial charge < -0.3 is 5.32 Å². The Balaban J connectivity index is 1.76. The fraction of sp³-hybridized carbons (Fsp3) is 0.174. The van der Waals surface area contributed by atoms with Crippen LogP contribution in [0.2, 0.25) is 5.02 Å². The molecule has 3 rings (SSSR count). The van der Waals surface area contributed by atoms with E-state index in [1.807, 2.05) is 32.0 Å². The standard InChI is InChI=1S/C23H23ClN2O3S/c1-16-7-12-21(13-17(16)2)25-23(27)19-10-8-18(9-11-19)15-26(30(3,28)29)22-6-4-5-20(24)14-22/h4-14H,15H2,1-3H3,(H,25,27). The summed E-state index contributed by atoms with van der Waals surface area (Å²) in [6.07, 6.45) is 1.15. The Morgan fingerprint density at radius 1 is 0.967 bits per heavy atom. The number of nitrogens with zero attached hydrogens (tertiary/aromatic N) is 1. The van der Waals surface area contributed by atoms with E-state index in [9.17, 15) is 13.2 Å². The van der Waals surface area contributed by atoms with Crippen molar-refractivity contribution in [3.63, 3.8) is 0 Å². The van der Waals surface area contributed by atoms with E-state index in [4.69, 9.17) is 11.6 Å². The molecule has 5 nitrogen and oxygen atoms in total. The van der Waals surface area contributed by atoms with Crippen molar-refractivity contribution in [2.75, 3.05) is 15.9 Å². The number of hydrogen-bond acceptors (Lipinski definition) is 3. The van der Waals surface area contributed by atoms with Gasteiger partial charge in [-0.1, -0.05) is 35.9 Å². The maximum Gasteiger partial charge on any atom is 0.255 e. The number of rotatable bonds is 6. The van der Waals surface area contributed by atoms with Crippen LogP contribution in [0.4, 0.5) is 11.4 Å². The summed E-state index contributed by atoms with van der Waals surface area (Å²) < 4.78 is 25.9. The first kappa shape index (κ1) is 21.9. The van der Waals surface area contributed by atoms with Crippen molar-refractivity contribution < 1.29 is 13.2 Å². The third-order valence-corrected chi connectivity index (χ3v) is 6.18. The molecule has 7 heteroatoms. The highest BCUT2D eigenvalue weighted by Gasteiger charge is 2.18. The van der Waals surface area contributed by atoms with Gasteiger partial charge in [-0.3, -0.25) is 9.10 Å². The smallest absolute Gasteiger partial charge is 0.255 e. The number of anilines is 2. The molecular formula is C23H23ClN2O3S. The lowest BCUT2D eigenvalue weighted by molar-refractivity contribution is 0.102. The summed E-state index contributed by atoms with van der Waals surface area (Å²) in [5.41, 5.74) is 4.73. The van der Waals surface area contributed by atoms with Crippen LogP contribution < -0.4 is 9.62 Å². The summed E-state index contributed by atoms with van der Waals surface area (Å²) in [5, 5.41) is 3.34. The van der Waals surface area contributed by atoms with Gasteiger partial charge in [-0.15, -0.1) is 0 Å². The molecule has 0 unspecified atom stereocenters. The number of benzene rings is 3. The summed E-state index contributed by atoms with van der Waals surface area (Å²) in [7, 11) is -3.51. The van der Waals surface area contributed by atoms with Gasteiger partial charge >= 0.3 is 0 Å². The zero-order valence-corrected chi connectivity index (χ0v) is 18.6. The highest BCUT2D eigenvalue weighted by Crippen LogP contribution is 2.24. The molecule has 0 aromatic heterocycles. The summed E-state index contributed by atoms with van der Waals surface area (Å²) in [4.78, 5) is 12.5. The molecule has 0 aliphatic rings. The lowest BCUT2D eigenvalue weighted by Gasteiger charge is -2.22. The Morgan fingerprint density at radius 2 is 1.67 bits per heavy atom. The van der Waals surface area contributed by atoms with Crippen LogP contribution in [0, 0.1) is 13.8 Å². The third-order valence-electron chi connectivity index (χ3n) is 4.80. The Bertz CT molecular complexity index is 1180. The van der Waals surface area contributed by atoms with Crippen molar-refractivity contribution in [2.45, 2.75) is 20.4 Å². The number of hydrogen-bond donors (Lipinski definition) is 1. The Kier molecular flexibility index (Phi) is 6.48. The van der Waals surface area contributed by atoms with Crippen molar-refractivity contribution >= 4 is 38.9 Å². The molecule has 0 atom stereocenters. The van der Waals surface area contributed by atoms with Crippen LogP contribution in [-0.2, 0) is 16.6 Å². The minimum atomic E-state index is -3.51. The first-order valence-corrected chi connectivity index (χ1v) is 11.6. The summed E-state index contributed by atoms with van der Waals surface area (Å²) in [6, 6.07) is 19.3. The monoisotopic (exact) mass is 442 g/mol. The van der Waals surface area contributed by atoms with Crippen LogP contribution >= 0.6 is 11.6 Å². The lowest BCUT2D eigenvalue weighted by atomic mass is 10.1. The van der Waals surface area contributed by atoms with Gasteiger partial charge in [0.05, 0.1) is 18.5 Å². The summed E-state index contributed by atoms with van der Waals surface area (Å²) in [5.74, 6) is -0.223. The first-order chi connectivity index (χ1) is 14.1. The zero-order chi connectivity index (χ0) is 21.9. The van der Waals surface area contributed by atoms with Gasteiger partial charge in [0, 0.05) is 16.3 Å². The Labute approximate surface area is 182 Å². The predicted octanol–water partition coefficient (Wildman–Crippen LogP) is 5.18. The fourth-order valence-corrected chi connectivity index (χ4v) is 4.05. The van der Waals surface area contributed by atoms with Gasteiger partial charge in [0.25, 0.3) is 5.91 Å². The van der Waals surface area contributed by atoms with E-state index in [0.29, 0.717) is 16.3 Å². The molecule has 1 amide bonds. The Morgan fingerprint density at radius 3 is 2.27 bits per heavy atom.